The molecule has 3 saturated carbocycles. The molecule has 5 rings (SSSR count). The fourth-order valence-electron chi connectivity index (χ4n) is 8.72. The van der Waals surface area contributed by atoms with Crippen LogP contribution in [0.5, 0.6) is 5.75 Å². The Bertz CT molecular complexity index is 1150. The zero-order chi connectivity index (χ0) is 27.8. The van der Waals surface area contributed by atoms with Crippen LogP contribution in [0.3, 0.4) is 0 Å². The summed E-state index contributed by atoms with van der Waals surface area (Å²) in [6.07, 6.45) is 0.00858. The number of carbonyl (C=O) groups excluding carboxylic acids is 1. The normalized spacial score (nSPS) is 41.2. The smallest absolute Gasteiger partial charge is 0.478 e. The van der Waals surface area contributed by atoms with Gasteiger partial charge in [-0.1, -0.05) is 33.8 Å². The lowest BCUT2D eigenvalue weighted by atomic mass is 9.41. The summed E-state index contributed by atoms with van der Waals surface area (Å²) < 4.78 is 26.6. The summed E-state index contributed by atoms with van der Waals surface area (Å²) in [4.78, 5) is 26.5. The van der Waals surface area contributed by atoms with Crippen molar-refractivity contribution in [3.8, 4) is 5.75 Å². The summed E-state index contributed by atoms with van der Waals surface area (Å²) in [7, 11) is -1.47. The monoisotopic (exact) mass is 532 g/mol. The van der Waals surface area contributed by atoms with E-state index in [1.54, 1.807) is 13.0 Å². The molecule has 3 fully saturated rings. The Morgan fingerprint density at radius 1 is 1.29 bits per heavy atom. The molecule has 0 aromatic heterocycles. The van der Waals surface area contributed by atoms with Crippen molar-refractivity contribution in [2.45, 2.75) is 78.6 Å². The van der Waals surface area contributed by atoms with Gasteiger partial charge >= 0.3 is 13.1 Å². The van der Waals surface area contributed by atoms with Crippen molar-refractivity contribution in [1.82, 2.24) is 0 Å². The molecule has 9 atom stereocenters. The summed E-state index contributed by atoms with van der Waals surface area (Å²) in [6, 6.07) is 2.88. The Labute approximate surface area is 222 Å². The summed E-state index contributed by atoms with van der Waals surface area (Å²) in [5.41, 5.74) is -2.04. The van der Waals surface area contributed by atoms with Crippen molar-refractivity contribution in [1.29, 1.82) is 0 Å². The van der Waals surface area contributed by atoms with E-state index in [0.717, 1.165) is 12.8 Å². The van der Waals surface area contributed by atoms with E-state index in [9.17, 15) is 29.9 Å². The number of carboxylic acids is 1. The lowest BCUT2D eigenvalue weighted by molar-refractivity contribution is -0.203. The third-order valence-electron chi connectivity index (χ3n) is 11.1. The van der Waals surface area contributed by atoms with Crippen LogP contribution in [0, 0.1) is 45.7 Å². The first-order chi connectivity index (χ1) is 17.8. The van der Waals surface area contributed by atoms with Crippen LogP contribution < -0.4 is 10.2 Å². The highest BCUT2D eigenvalue weighted by Crippen LogP contribution is 2.69. The molecule has 1 aliphatic heterocycles. The molecule has 0 saturated heterocycles. The molecule has 2 bridgehead atoms. The molecule has 208 valence electrons. The Kier molecular flexibility index (Phi) is 6.73. The second-order valence-electron chi connectivity index (χ2n) is 12.8. The molecule has 1 unspecified atom stereocenters. The van der Waals surface area contributed by atoms with Gasteiger partial charge in [0.1, 0.15) is 5.78 Å². The molecule has 4 N–H and O–H groups in total. The minimum absolute atomic E-state index is 0.0328. The Morgan fingerprint density at radius 2 is 2.00 bits per heavy atom. The maximum absolute atomic E-state index is 15.5. The molecule has 10 heteroatoms. The first kappa shape index (κ1) is 27.6. The van der Waals surface area contributed by atoms with Gasteiger partial charge in [-0.15, -0.1) is 0 Å². The molecule has 0 radical (unpaired) electrons. The lowest BCUT2D eigenvalue weighted by Crippen LogP contribution is -2.64. The summed E-state index contributed by atoms with van der Waals surface area (Å²) >= 11 is 0. The summed E-state index contributed by atoms with van der Waals surface area (Å²) in [6.45, 7) is 7.36. The maximum Gasteiger partial charge on any atom is 0.494 e. The molecule has 0 spiro atoms. The number of ether oxygens (including phenoxy) is 1. The van der Waals surface area contributed by atoms with E-state index in [1.165, 1.54) is 6.07 Å². The third kappa shape index (κ3) is 3.70. The van der Waals surface area contributed by atoms with Gasteiger partial charge in [0.2, 0.25) is 0 Å². The number of Topliss-reactive ketones (excluding diaryl/α,β-unsaturated/α-hetero) is 1. The van der Waals surface area contributed by atoms with Gasteiger partial charge in [-0.05, 0) is 60.0 Å². The van der Waals surface area contributed by atoms with Crippen LogP contribution in [0.2, 0.25) is 0 Å². The van der Waals surface area contributed by atoms with Crippen molar-refractivity contribution in [3.63, 3.8) is 0 Å². The number of carbonyl (C=O) groups is 2. The van der Waals surface area contributed by atoms with Gasteiger partial charge < -0.3 is 29.7 Å². The zero-order valence-corrected chi connectivity index (χ0v) is 22.4. The molecule has 4 aliphatic rings. The number of hydrogen-bond acceptors (Lipinski definition) is 7. The van der Waals surface area contributed by atoms with Crippen LogP contribution in [-0.4, -0.2) is 58.0 Å². The van der Waals surface area contributed by atoms with Gasteiger partial charge in [-0.3, -0.25) is 4.79 Å². The standard InChI is InChI=1S/C28H38BFO8/c1-14-7-9-28-10-8-18(32)23(28)27(14,4)17(11-26(3,13-31)24(33)15(28)2)22(25(34)35)38-19-6-5-16-12-37-29(36)20(16)21(19)30/h5-6,14-15,17,22-24,31,33,36H,7-13H2,1-4H3,(H,34,35)/t14-,15+,17+,22?,23+,24+,26+,27-,28+/m1/s1. The van der Waals surface area contributed by atoms with Gasteiger partial charge in [0.15, 0.2) is 17.7 Å². The van der Waals surface area contributed by atoms with Crippen LogP contribution in [0.25, 0.3) is 0 Å². The van der Waals surface area contributed by atoms with Crippen molar-refractivity contribution in [3.05, 3.63) is 23.5 Å². The van der Waals surface area contributed by atoms with Crippen molar-refractivity contribution < 1.29 is 43.7 Å². The lowest BCUT2D eigenvalue weighted by Gasteiger charge is -2.63. The van der Waals surface area contributed by atoms with Crippen LogP contribution in [0.1, 0.15) is 65.4 Å². The number of carboxylic acid groups (broad SMARTS) is 1. The SMILES string of the molecule is C[C@@H]1CC[C@@]23CCC(=O)[C@H]2[C@@]1(C)[C@H](C(Oc1ccc2c(c1F)B(O)OC2)C(=O)O)C[C@@](C)(CO)[C@@H](O)[C@@H]3C. The Balaban J connectivity index is 1.66. The quantitative estimate of drug-likeness (QED) is 0.425. The molecule has 8 nitrogen and oxygen atoms in total. The predicted molar refractivity (Wildman–Crippen MR) is 136 cm³/mol. The van der Waals surface area contributed by atoms with Crippen molar-refractivity contribution in [2.24, 2.45) is 39.9 Å². The number of aliphatic hydroxyl groups excluding tert-OH is 2. The van der Waals surface area contributed by atoms with Gasteiger partial charge in [0, 0.05) is 29.1 Å². The van der Waals surface area contributed by atoms with Crippen LogP contribution >= 0.6 is 0 Å². The van der Waals surface area contributed by atoms with Gasteiger partial charge in [-0.25, -0.2) is 9.18 Å². The molecule has 0 amide bonds. The number of halogens is 1. The van der Waals surface area contributed by atoms with Gasteiger partial charge in [0.05, 0.1) is 19.3 Å². The third-order valence-corrected chi connectivity index (χ3v) is 11.1. The molecule has 1 aromatic carbocycles. The summed E-state index contributed by atoms with van der Waals surface area (Å²) in [5, 5.41) is 42.8. The highest BCUT2D eigenvalue weighted by Gasteiger charge is 2.69. The van der Waals surface area contributed by atoms with Crippen LogP contribution in [0.4, 0.5) is 4.39 Å². The van der Waals surface area contributed by atoms with Crippen molar-refractivity contribution in [2.75, 3.05) is 6.61 Å². The average Bonchev–Trinajstić information content (AvgIpc) is 3.44. The minimum Gasteiger partial charge on any atom is -0.478 e. The van der Waals surface area contributed by atoms with E-state index in [2.05, 4.69) is 0 Å². The van der Waals surface area contributed by atoms with E-state index < -0.39 is 59.2 Å². The molecule has 1 aromatic rings. The predicted octanol–water partition coefficient (Wildman–Crippen LogP) is 2.29. The molecular formula is C28H38BFO8. The highest BCUT2D eigenvalue weighted by atomic mass is 19.1. The molecule has 38 heavy (non-hydrogen) atoms. The Morgan fingerprint density at radius 3 is 2.66 bits per heavy atom. The second kappa shape index (κ2) is 9.29. The number of hydrogen-bond donors (Lipinski definition) is 4. The fraction of sp³-hybridized carbons (Fsp3) is 0.714. The number of aliphatic carboxylic acids is 1. The van der Waals surface area contributed by atoms with Crippen molar-refractivity contribution >= 4 is 24.3 Å². The van der Waals surface area contributed by atoms with E-state index in [0.29, 0.717) is 18.4 Å². The number of fused-ring (bicyclic) bond motifs is 1. The largest absolute Gasteiger partial charge is 0.494 e. The van der Waals surface area contributed by atoms with Gasteiger partial charge in [-0.2, -0.15) is 0 Å². The number of ketones is 1. The average molecular weight is 532 g/mol. The molecule has 1 heterocycles. The highest BCUT2D eigenvalue weighted by molar-refractivity contribution is 6.61. The number of rotatable bonds is 5. The first-order valence-electron chi connectivity index (χ1n) is 13.6. The Hall–Kier alpha value is -2.01. The second-order valence-corrected chi connectivity index (χ2v) is 12.8. The fourth-order valence-corrected chi connectivity index (χ4v) is 8.72. The number of benzene rings is 1. The topological polar surface area (TPSA) is 134 Å². The van der Waals surface area contributed by atoms with Crippen LogP contribution in [0.15, 0.2) is 12.1 Å². The maximum atomic E-state index is 15.5. The van der Waals surface area contributed by atoms with E-state index in [-0.39, 0.29) is 48.5 Å². The van der Waals surface area contributed by atoms with E-state index >= 15 is 4.39 Å². The number of aliphatic hydroxyl groups is 2. The first-order valence-corrected chi connectivity index (χ1v) is 13.6. The minimum atomic E-state index is -1.56. The van der Waals surface area contributed by atoms with Crippen LogP contribution in [-0.2, 0) is 20.9 Å². The summed E-state index contributed by atoms with van der Waals surface area (Å²) in [5.74, 6) is -4.08. The molecular weight excluding hydrogens is 494 g/mol. The van der Waals surface area contributed by atoms with Gasteiger partial charge in [0.25, 0.3) is 0 Å². The molecule has 3 aliphatic carbocycles. The zero-order valence-electron chi connectivity index (χ0n) is 22.4. The van der Waals surface area contributed by atoms with E-state index in [1.807, 2.05) is 20.8 Å². The van der Waals surface area contributed by atoms with E-state index in [4.69, 9.17) is 9.39 Å².